The van der Waals surface area contributed by atoms with Gasteiger partial charge in [-0.05, 0) is 43.7 Å². The van der Waals surface area contributed by atoms with Crippen molar-refractivity contribution in [2.24, 2.45) is 0 Å². The summed E-state index contributed by atoms with van der Waals surface area (Å²) in [5.74, 6) is -2.25. The van der Waals surface area contributed by atoms with E-state index in [1.807, 2.05) is 4.90 Å². The van der Waals surface area contributed by atoms with Gasteiger partial charge in [0, 0.05) is 79.0 Å². The lowest BCUT2D eigenvalue weighted by molar-refractivity contribution is -0.140. The largest absolute Gasteiger partial charge is 0.467 e. The van der Waals surface area contributed by atoms with Crippen LogP contribution in [0.2, 0.25) is 0 Å². The molecular weight excluding hydrogens is 892 g/mol. The van der Waals surface area contributed by atoms with E-state index in [1.54, 1.807) is 6.07 Å². The topological polar surface area (TPSA) is 214 Å². The SMILES string of the molecule is C=C(C(=O)N1CCN(c2nc(OC)nc3c2COC(c2c(F)c(N)cc(C)c2C(F)(F)F)C3)CC1)C(C)OC(=O)Nc1cc2cc3c(nc2cc1F)-c1cc(C(O)C=O)c(COC)c(=O)n1C3. The van der Waals surface area contributed by atoms with E-state index in [1.165, 1.54) is 49.7 Å². The molecule has 5 aromatic rings. The molecule has 17 nitrogen and oxygen atoms in total. The third-order valence-corrected chi connectivity index (χ3v) is 12.0. The minimum Gasteiger partial charge on any atom is -0.467 e. The Bertz CT molecular complexity index is 2940. The van der Waals surface area contributed by atoms with Crippen LogP contribution in [0.1, 0.15) is 63.8 Å². The molecule has 8 rings (SSSR count). The van der Waals surface area contributed by atoms with Crippen LogP contribution in [-0.4, -0.2) is 94.3 Å². The van der Waals surface area contributed by atoms with Gasteiger partial charge in [0.25, 0.3) is 11.5 Å². The number of nitrogens with two attached hydrogens (primary N) is 1. The minimum absolute atomic E-state index is 0.0719. The Kier molecular flexibility index (Phi) is 12.5. The van der Waals surface area contributed by atoms with E-state index >= 15 is 8.78 Å². The summed E-state index contributed by atoms with van der Waals surface area (Å²) >= 11 is 0. The number of aryl methyl sites for hydroxylation is 1. The first-order valence-corrected chi connectivity index (χ1v) is 20.8. The molecule has 22 heteroatoms. The van der Waals surface area contributed by atoms with Crippen LogP contribution < -0.4 is 26.2 Å². The van der Waals surface area contributed by atoms with Crippen molar-refractivity contribution in [2.45, 2.75) is 64.5 Å². The summed E-state index contributed by atoms with van der Waals surface area (Å²) < 4.78 is 96.5. The van der Waals surface area contributed by atoms with Crippen molar-refractivity contribution >= 4 is 46.4 Å². The summed E-state index contributed by atoms with van der Waals surface area (Å²) in [6.45, 7) is 6.92. The molecule has 352 valence electrons. The summed E-state index contributed by atoms with van der Waals surface area (Å²) in [5, 5.41) is 13.1. The molecule has 0 aliphatic carbocycles. The van der Waals surface area contributed by atoms with Gasteiger partial charge in [0.1, 0.15) is 23.8 Å². The molecule has 1 saturated heterocycles. The number of pyridine rings is 2. The molecule has 3 aromatic heterocycles. The van der Waals surface area contributed by atoms with E-state index in [2.05, 4.69) is 26.8 Å². The van der Waals surface area contributed by atoms with Gasteiger partial charge in [0.2, 0.25) is 0 Å². The number of alkyl halides is 3. The molecule has 0 saturated carbocycles. The number of aliphatic hydroxyl groups is 1. The summed E-state index contributed by atoms with van der Waals surface area (Å²) in [4.78, 5) is 68.3. The Labute approximate surface area is 377 Å². The fourth-order valence-corrected chi connectivity index (χ4v) is 8.70. The average Bonchev–Trinajstić information content (AvgIpc) is 3.65. The normalized spacial score (nSPS) is 16.5. The van der Waals surface area contributed by atoms with Crippen molar-refractivity contribution in [2.75, 3.05) is 56.3 Å². The number of anilines is 3. The Morgan fingerprint density at radius 1 is 1.09 bits per heavy atom. The molecule has 3 unspecified atom stereocenters. The van der Waals surface area contributed by atoms with Crippen molar-refractivity contribution in [1.82, 2.24) is 24.4 Å². The zero-order valence-electron chi connectivity index (χ0n) is 36.4. The Balaban J connectivity index is 0.912. The molecule has 2 aromatic carbocycles. The molecule has 3 aliphatic heterocycles. The number of methoxy groups -OCH3 is 2. The lowest BCUT2D eigenvalue weighted by Crippen LogP contribution is -2.50. The van der Waals surface area contributed by atoms with Gasteiger partial charge in [-0.3, -0.25) is 14.9 Å². The zero-order valence-corrected chi connectivity index (χ0v) is 36.4. The lowest BCUT2D eigenvalue weighted by atomic mass is 9.91. The number of nitrogen functional groups attached to an aromatic ring is 1. The third-order valence-electron chi connectivity index (χ3n) is 12.0. The molecule has 67 heavy (non-hydrogen) atoms. The fraction of sp³-hybridized carbons (Fsp3) is 0.356. The number of fused-ring (bicyclic) bond motifs is 5. The molecule has 0 radical (unpaired) electrons. The second-order valence-electron chi connectivity index (χ2n) is 16.2. The standard InChI is InChI=1S/C45H43F5N8O9/c1-20-10-29(51)38(47)36(37(20)45(48,49)50)35-15-31-27(19-66-35)40(55-43(53-31)65-5)56-6-8-57(9-7-56)41(61)21(2)22(3)67-44(63)54-32-12-23-11-24-16-58-33(39(24)52-30(23)14-28(32)46)13-25(34(60)17-59)26(18-64-4)42(58)62/h10-14,17,22,34-35,60H,2,6-9,15-16,18-19,51H2,1,3-5H3,(H,54,63). The second-order valence-corrected chi connectivity index (χ2v) is 16.2. The first-order valence-electron chi connectivity index (χ1n) is 20.8. The first-order chi connectivity index (χ1) is 31.8. The predicted molar refractivity (Wildman–Crippen MR) is 230 cm³/mol. The highest BCUT2D eigenvalue weighted by Gasteiger charge is 2.42. The van der Waals surface area contributed by atoms with Crippen molar-refractivity contribution in [3.05, 3.63) is 109 Å². The number of aromatic nitrogens is 4. The molecule has 1 fully saturated rings. The van der Waals surface area contributed by atoms with E-state index < -0.39 is 70.5 Å². The van der Waals surface area contributed by atoms with Crippen LogP contribution in [0.15, 0.2) is 47.3 Å². The molecule has 6 heterocycles. The molecule has 0 bridgehead atoms. The van der Waals surface area contributed by atoms with Crippen LogP contribution in [0, 0.1) is 18.6 Å². The Hall–Kier alpha value is -7.04. The number of carbonyl (C=O) groups excluding carboxylic acids is 3. The number of carbonyl (C=O) groups is 3. The van der Waals surface area contributed by atoms with Crippen LogP contribution >= 0.6 is 0 Å². The van der Waals surface area contributed by atoms with Crippen LogP contribution in [0.25, 0.3) is 22.3 Å². The van der Waals surface area contributed by atoms with Crippen molar-refractivity contribution in [1.29, 1.82) is 0 Å². The van der Waals surface area contributed by atoms with E-state index in [-0.39, 0.29) is 91.8 Å². The number of nitrogens with one attached hydrogen (secondary N) is 1. The molecule has 2 amide bonds. The fourth-order valence-electron chi connectivity index (χ4n) is 8.70. The number of piperazine rings is 1. The van der Waals surface area contributed by atoms with Crippen LogP contribution in [-0.2, 0) is 56.2 Å². The van der Waals surface area contributed by atoms with Gasteiger partial charge in [-0.15, -0.1) is 0 Å². The van der Waals surface area contributed by atoms with Gasteiger partial charge in [0.15, 0.2) is 12.1 Å². The van der Waals surface area contributed by atoms with Crippen molar-refractivity contribution in [3.63, 3.8) is 0 Å². The quantitative estimate of drug-likeness (QED) is 0.0639. The smallest absolute Gasteiger partial charge is 0.417 e. The highest BCUT2D eigenvalue weighted by molar-refractivity contribution is 5.95. The maximum Gasteiger partial charge on any atom is 0.417 e. The number of rotatable bonds is 11. The monoisotopic (exact) mass is 934 g/mol. The number of halogens is 5. The number of nitrogens with zero attached hydrogens (tertiary/aromatic N) is 6. The number of aldehydes is 1. The minimum atomic E-state index is -4.89. The molecule has 3 aliphatic rings. The summed E-state index contributed by atoms with van der Waals surface area (Å²) in [6.07, 6.45) is -10.0. The van der Waals surface area contributed by atoms with Crippen molar-refractivity contribution < 1.29 is 60.4 Å². The van der Waals surface area contributed by atoms with Gasteiger partial charge in [0.05, 0.1) is 78.1 Å². The number of hydrogen-bond donors (Lipinski definition) is 3. The molecular formula is C45H43F5N8O9. The van der Waals surface area contributed by atoms with Gasteiger partial charge < -0.3 is 48.9 Å². The molecule has 4 N–H and O–H groups in total. The molecule has 3 atom stereocenters. The second kappa shape index (κ2) is 18.0. The molecule has 0 spiro atoms. The van der Waals surface area contributed by atoms with E-state index in [4.69, 9.17) is 24.7 Å². The van der Waals surface area contributed by atoms with E-state index in [0.717, 1.165) is 12.1 Å². The van der Waals surface area contributed by atoms with Crippen LogP contribution in [0.5, 0.6) is 6.01 Å². The van der Waals surface area contributed by atoms with Gasteiger partial charge >= 0.3 is 18.3 Å². The maximum absolute atomic E-state index is 15.5. The number of ether oxygens (including phenoxy) is 4. The highest BCUT2D eigenvalue weighted by atomic mass is 19.4. The summed E-state index contributed by atoms with van der Waals surface area (Å²) in [7, 11) is 2.70. The van der Waals surface area contributed by atoms with E-state index in [0.29, 0.717) is 45.7 Å². The number of hydrogen-bond acceptors (Lipinski definition) is 14. The first kappa shape index (κ1) is 46.5. The number of aliphatic hydroxyl groups excluding tert-OH is 1. The predicted octanol–water partition coefficient (Wildman–Crippen LogP) is 5.45. The van der Waals surface area contributed by atoms with Crippen LogP contribution in [0.4, 0.5) is 43.9 Å². The van der Waals surface area contributed by atoms with Gasteiger partial charge in [-0.25, -0.2) is 18.6 Å². The lowest BCUT2D eigenvalue weighted by Gasteiger charge is -2.38. The zero-order chi connectivity index (χ0) is 48.2. The van der Waals surface area contributed by atoms with Gasteiger partial charge in [-0.1, -0.05) is 6.58 Å². The maximum atomic E-state index is 15.5. The van der Waals surface area contributed by atoms with Gasteiger partial charge in [-0.2, -0.15) is 23.1 Å². The van der Waals surface area contributed by atoms with Crippen LogP contribution in [0.3, 0.4) is 0 Å². The number of amides is 2. The van der Waals surface area contributed by atoms with Crippen molar-refractivity contribution in [3.8, 4) is 17.4 Å². The number of benzene rings is 2. The third kappa shape index (κ3) is 8.62. The Morgan fingerprint density at radius 2 is 1.82 bits per heavy atom. The summed E-state index contributed by atoms with van der Waals surface area (Å²) in [5.41, 5.74) is 4.73. The summed E-state index contributed by atoms with van der Waals surface area (Å²) in [6, 6.07) is 6.44. The Morgan fingerprint density at radius 3 is 2.49 bits per heavy atom. The van der Waals surface area contributed by atoms with E-state index in [9.17, 15) is 37.5 Å². The average molecular weight is 935 g/mol. The highest BCUT2D eigenvalue weighted by Crippen LogP contribution is 2.45.